The van der Waals surface area contributed by atoms with Crippen molar-refractivity contribution in [1.29, 1.82) is 0 Å². The summed E-state index contributed by atoms with van der Waals surface area (Å²) in [5.74, 6) is -1.32. The Morgan fingerprint density at radius 1 is 1.12 bits per heavy atom. The Morgan fingerprint density at radius 3 is 2.32 bits per heavy atom. The molecule has 2 rings (SSSR count). The van der Waals surface area contributed by atoms with Crippen LogP contribution in [0.15, 0.2) is 47.4 Å². The van der Waals surface area contributed by atoms with Gasteiger partial charge >= 0.3 is 5.97 Å². The summed E-state index contributed by atoms with van der Waals surface area (Å²) >= 11 is 11.8. The van der Waals surface area contributed by atoms with E-state index >= 15 is 0 Å². The number of sulfonamides is 1. The van der Waals surface area contributed by atoms with Crippen molar-refractivity contribution < 1.29 is 22.3 Å². The Kier molecular flexibility index (Phi) is 6.26. The minimum absolute atomic E-state index is 0.102. The Morgan fingerprint density at radius 2 is 1.76 bits per heavy atom. The van der Waals surface area contributed by atoms with E-state index in [1.807, 2.05) is 0 Å². The molecule has 2 aromatic carbocycles. The molecule has 0 unspecified atom stereocenters. The second-order valence-electron chi connectivity index (χ2n) is 4.87. The number of carbonyl (C=O) groups is 1. The zero-order chi connectivity index (χ0) is 18.6. The summed E-state index contributed by atoms with van der Waals surface area (Å²) in [6.07, 6.45) is 0. The fourth-order valence-electron chi connectivity index (χ4n) is 2.01. The summed E-state index contributed by atoms with van der Waals surface area (Å²) in [7, 11) is -4.15. The number of halogens is 3. The third-order valence-electron chi connectivity index (χ3n) is 3.17. The van der Waals surface area contributed by atoms with Crippen LogP contribution in [-0.4, -0.2) is 27.5 Å². The van der Waals surface area contributed by atoms with Crippen molar-refractivity contribution in [2.45, 2.75) is 11.8 Å². The molecule has 134 valence electrons. The second-order valence-corrected chi connectivity index (χ2v) is 7.55. The first-order chi connectivity index (χ1) is 11.8. The topological polar surface area (TPSA) is 63.7 Å². The molecule has 0 aliphatic rings. The van der Waals surface area contributed by atoms with Gasteiger partial charge in [-0.25, -0.2) is 12.8 Å². The summed E-state index contributed by atoms with van der Waals surface area (Å²) in [6, 6.07) is 8.41. The van der Waals surface area contributed by atoms with Crippen LogP contribution in [-0.2, 0) is 19.6 Å². The number of esters is 1. The Hall–Kier alpha value is -1.83. The van der Waals surface area contributed by atoms with Gasteiger partial charge in [-0.1, -0.05) is 23.2 Å². The maximum Gasteiger partial charge on any atom is 0.326 e. The van der Waals surface area contributed by atoms with Crippen LogP contribution in [0.4, 0.5) is 10.1 Å². The molecular formula is C16H14Cl2FNO4S. The molecule has 0 aliphatic heterocycles. The third-order valence-corrected chi connectivity index (χ3v) is 5.70. The molecule has 0 bridgehead atoms. The Labute approximate surface area is 155 Å². The first-order valence-electron chi connectivity index (χ1n) is 7.14. The quantitative estimate of drug-likeness (QED) is 0.683. The lowest BCUT2D eigenvalue weighted by atomic mass is 10.3. The van der Waals surface area contributed by atoms with Gasteiger partial charge in [0.25, 0.3) is 10.0 Å². The van der Waals surface area contributed by atoms with Crippen LogP contribution in [0.2, 0.25) is 10.0 Å². The van der Waals surface area contributed by atoms with Crippen LogP contribution in [0.25, 0.3) is 0 Å². The van der Waals surface area contributed by atoms with E-state index in [2.05, 4.69) is 0 Å². The SMILES string of the molecule is CCOC(=O)CN(c1ccc(Cl)c(Cl)c1)S(=O)(=O)c1ccc(F)cc1. The zero-order valence-electron chi connectivity index (χ0n) is 13.1. The van der Waals surface area contributed by atoms with Crippen LogP contribution in [0.5, 0.6) is 0 Å². The normalized spacial score (nSPS) is 11.2. The predicted octanol–water partition coefficient (Wildman–Crippen LogP) is 3.89. The Bertz CT molecular complexity index is 872. The van der Waals surface area contributed by atoms with Gasteiger partial charge in [0.1, 0.15) is 12.4 Å². The first kappa shape index (κ1) is 19.5. The van der Waals surface area contributed by atoms with Crippen LogP contribution < -0.4 is 4.31 Å². The number of hydrogen-bond acceptors (Lipinski definition) is 4. The number of anilines is 1. The van der Waals surface area contributed by atoms with Gasteiger partial charge in [-0.15, -0.1) is 0 Å². The molecule has 0 heterocycles. The average molecular weight is 406 g/mol. The minimum Gasteiger partial charge on any atom is -0.465 e. The number of hydrogen-bond donors (Lipinski definition) is 0. The largest absolute Gasteiger partial charge is 0.465 e. The van der Waals surface area contributed by atoms with E-state index < -0.39 is 28.4 Å². The van der Waals surface area contributed by atoms with E-state index in [1.165, 1.54) is 18.2 Å². The zero-order valence-corrected chi connectivity index (χ0v) is 15.4. The standard InChI is InChI=1S/C16H14Cl2FNO4S/c1-2-24-16(21)10-20(12-5-8-14(17)15(18)9-12)25(22,23)13-6-3-11(19)4-7-13/h3-9H,2,10H2,1H3. The molecule has 0 atom stereocenters. The van der Waals surface area contributed by atoms with E-state index in [1.54, 1.807) is 6.92 Å². The van der Waals surface area contributed by atoms with Gasteiger partial charge in [0.2, 0.25) is 0 Å². The first-order valence-corrected chi connectivity index (χ1v) is 9.34. The minimum atomic E-state index is -4.15. The van der Waals surface area contributed by atoms with Gasteiger partial charge in [-0.05, 0) is 49.4 Å². The molecule has 2 aromatic rings. The molecule has 0 fully saturated rings. The van der Waals surface area contributed by atoms with Gasteiger partial charge in [0.05, 0.1) is 27.2 Å². The van der Waals surface area contributed by atoms with Crippen LogP contribution in [0.3, 0.4) is 0 Å². The molecule has 0 saturated heterocycles. The lowest BCUT2D eigenvalue weighted by Gasteiger charge is -2.24. The molecule has 0 radical (unpaired) electrons. The van der Waals surface area contributed by atoms with Crippen molar-refractivity contribution in [1.82, 2.24) is 0 Å². The van der Waals surface area contributed by atoms with E-state index in [0.717, 1.165) is 28.6 Å². The summed E-state index contributed by atoms with van der Waals surface area (Å²) in [4.78, 5) is 11.7. The van der Waals surface area contributed by atoms with Crippen molar-refractivity contribution in [2.24, 2.45) is 0 Å². The lowest BCUT2D eigenvalue weighted by Crippen LogP contribution is -2.36. The number of nitrogens with zero attached hydrogens (tertiary/aromatic N) is 1. The summed E-state index contributed by atoms with van der Waals surface area (Å²) in [6.45, 7) is 1.14. The van der Waals surface area contributed by atoms with Gasteiger partial charge in [-0.3, -0.25) is 9.10 Å². The summed E-state index contributed by atoms with van der Waals surface area (Å²) in [5.41, 5.74) is 0.131. The molecule has 0 saturated carbocycles. The molecule has 0 amide bonds. The maximum atomic E-state index is 13.1. The third kappa shape index (κ3) is 4.62. The van der Waals surface area contributed by atoms with Gasteiger partial charge < -0.3 is 4.74 Å². The van der Waals surface area contributed by atoms with Crippen LogP contribution >= 0.6 is 23.2 Å². The van der Waals surface area contributed by atoms with Crippen molar-refractivity contribution in [3.8, 4) is 0 Å². The van der Waals surface area contributed by atoms with Crippen molar-refractivity contribution in [2.75, 3.05) is 17.5 Å². The molecule has 25 heavy (non-hydrogen) atoms. The second kappa shape index (κ2) is 8.03. The van der Waals surface area contributed by atoms with Gasteiger partial charge in [0, 0.05) is 0 Å². The molecule has 0 aromatic heterocycles. The van der Waals surface area contributed by atoms with Gasteiger partial charge in [0.15, 0.2) is 0 Å². The molecule has 0 N–H and O–H groups in total. The summed E-state index contributed by atoms with van der Waals surface area (Å²) < 4.78 is 44.6. The van der Waals surface area contributed by atoms with Crippen molar-refractivity contribution in [3.63, 3.8) is 0 Å². The number of rotatable bonds is 6. The summed E-state index contributed by atoms with van der Waals surface area (Å²) in [5, 5.41) is 0.364. The average Bonchev–Trinajstić information content (AvgIpc) is 2.56. The molecule has 9 heteroatoms. The molecular weight excluding hydrogens is 392 g/mol. The van der Waals surface area contributed by atoms with Crippen LogP contribution in [0, 0.1) is 5.82 Å². The molecule has 5 nitrogen and oxygen atoms in total. The smallest absolute Gasteiger partial charge is 0.326 e. The van der Waals surface area contributed by atoms with Gasteiger partial charge in [-0.2, -0.15) is 0 Å². The van der Waals surface area contributed by atoms with E-state index in [4.69, 9.17) is 27.9 Å². The predicted molar refractivity (Wildman–Crippen MR) is 94.0 cm³/mol. The number of ether oxygens (including phenoxy) is 1. The monoisotopic (exact) mass is 405 g/mol. The molecule has 0 spiro atoms. The highest BCUT2D eigenvalue weighted by Crippen LogP contribution is 2.30. The highest BCUT2D eigenvalue weighted by atomic mass is 35.5. The van der Waals surface area contributed by atoms with Crippen molar-refractivity contribution in [3.05, 3.63) is 58.3 Å². The molecule has 0 aliphatic carbocycles. The van der Waals surface area contributed by atoms with E-state index in [0.29, 0.717) is 0 Å². The lowest BCUT2D eigenvalue weighted by molar-refractivity contribution is -0.141. The number of carbonyl (C=O) groups excluding carboxylic acids is 1. The van der Waals surface area contributed by atoms with E-state index in [-0.39, 0.29) is 27.2 Å². The van der Waals surface area contributed by atoms with Crippen LogP contribution in [0.1, 0.15) is 6.92 Å². The highest BCUT2D eigenvalue weighted by molar-refractivity contribution is 7.92. The fourth-order valence-corrected chi connectivity index (χ4v) is 3.71. The van der Waals surface area contributed by atoms with E-state index in [9.17, 15) is 17.6 Å². The Balaban J connectivity index is 2.51. The maximum absolute atomic E-state index is 13.1. The number of benzene rings is 2. The van der Waals surface area contributed by atoms with Crippen molar-refractivity contribution >= 4 is 44.9 Å². The fraction of sp³-hybridized carbons (Fsp3) is 0.188. The highest BCUT2D eigenvalue weighted by Gasteiger charge is 2.28.